The lowest BCUT2D eigenvalue weighted by Crippen LogP contribution is -2.28. The zero-order chi connectivity index (χ0) is 14.6. The number of sulfonamides is 1. The van der Waals surface area contributed by atoms with Gasteiger partial charge in [0.2, 0.25) is 10.0 Å². The highest BCUT2D eigenvalue weighted by Crippen LogP contribution is 2.24. The van der Waals surface area contributed by atoms with Crippen LogP contribution in [0.4, 0.5) is 0 Å². The third kappa shape index (κ3) is 3.59. The van der Waals surface area contributed by atoms with Crippen molar-refractivity contribution in [2.24, 2.45) is 5.92 Å². The molecule has 2 rings (SSSR count). The average Bonchev–Trinajstić information content (AvgIpc) is 2.87. The van der Waals surface area contributed by atoms with E-state index >= 15 is 0 Å². The molecule has 1 aliphatic heterocycles. The number of nitrogens with one attached hydrogen (secondary N) is 1. The lowest BCUT2D eigenvalue weighted by molar-refractivity contribution is 0.464. The van der Waals surface area contributed by atoms with Gasteiger partial charge < -0.3 is 5.32 Å². The molecular weight excluding hydrogens is 272 g/mol. The predicted molar refractivity (Wildman–Crippen MR) is 81.0 cm³/mol. The number of rotatable bonds is 6. The van der Waals surface area contributed by atoms with Crippen LogP contribution >= 0.6 is 0 Å². The molecule has 1 saturated heterocycles. The molecule has 0 saturated carbocycles. The van der Waals surface area contributed by atoms with Crippen LogP contribution in [0.15, 0.2) is 29.2 Å². The van der Waals surface area contributed by atoms with Crippen molar-refractivity contribution in [3.05, 3.63) is 29.8 Å². The van der Waals surface area contributed by atoms with Crippen molar-refractivity contribution in [2.75, 3.05) is 19.6 Å². The van der Waals surface area contributed by atoms with Crippen LogP contribution in [0.2, 0.25) is 0 Å². The molecule has 4 nitrogen and oxygen atoms in total. The van der Waals surface area contributed by atoms with Crippen LogP contribution in [-0.4, -0.2) is 32.4 Å². The van der Waals surface area contributed by atoms with Crippen molar-refractivity contribution in [1.29, 1.82) is 0 Å². The summed E-state index contributed by atoms with van der Waals surface area (Å²) in [5.74, 6) is 0.460. The molecule has 1 fully saturated rings. The second kappa shape index (κ2) is 6.70. The van der Waals surface area contributed by atoms with E-state index in [0.717, 1.165) is 31.5 Å². The molecule has 1 aromatic carbocycles. The second-order valence-corrected chi connectivity index (χ2v) is 7.52. The summed E-state index contributed by atoms with van der Waals surface area (Å²) < 4.78 is 26.5. The molecule has 1 unspecified atom stereocenters. The van der Waals surface area contributed by atoms with E-state index in [0.29, 0.717) is 23.9 Å². The van der Waals surface area contributed by atoms with E-state index in [9.17, 15) is 8.42 Å². The molecule has 0 bridgehead atoms. The number of hydrogen-bond acceptors (Lipinski definition) is 3. The van der Waals surface area contributed by atoms with Gasteiger partial charge in [-0.2, -0.15) is 4.31 Å². The fourth-order valence-electron chi connectivity index (χ4n) is 2.45. The van der Waals surface area contributed by atoms with Gasteiger partial charge in [0.1, 0.15) is 0 Å². The van der Waals surface area contributed by atoms with E-state index in [1.807, 2.05) is 12.1 Å². The van der Waals surface area contributed by atoms with Gasteiger partial charge in [-0.15, -0.1) is 0 Å². The first kappa shape index (κ1) is 15.5. The van der Waals surface area contributed by atoms with Gasteiger partial charge in [0.05, 0.1) is 4.90 Å². The van der Waals surface area contributed by atoms with E-state index < -0.39 is 10.0 Å². The Hall–Kier alpha value is -0.910. The first-order chi connectivity index (χ1) is 9.54. The van der Waals surface area contributed by atoms with Crippen molar-refractivity contribution in [2.45, 2.75) is 38.1 Å². The van der Waals surface area contributed by atoms with E-state index in [2.05, 4.69) is 19.2 Å². The fourth-order valence-corrected chi connectivity index (χ4v) is 4.03. The van der Waals surface area contributed by atoms with Gasteiger partial charge in [0.25, 0.3) is 0 Å². The van der Waals surface area contributed by atoms with E-state index in [4.69, 9.17) is 0 Å². The van der Waals surface area contributed by atoms with Crippen LogP contribution < -0.4 is 5.32 Å². The lowest BCUT2D eigenvalue weighted by atomic mass is 10.2. The molecule has 1 aromatic rings. The number of benzene rings is 1. The minimum absolute atomic E-state index is 0.408. The topological polar surface area (TPSA) is 49.4 Å². The standard InChI is InChI=1S/C15H24N2O2S/c1-3-9-16-11-14-4-6-15(7-5-14)20(18,19)17-10-8-13(2)12-17/h4-7,13,16H,3,8-12H2,1-2H3. The van der Waals surface area contributed by atoms with Crippen LogP contribution in [-0.2, 0) is 16.6 Å². The van der Waals surface area contributed by atoms with E-state index in [1.165, 1.54) is 0 Å². The predicted octanol–water partition coefficient (Wildman–Crippen LogP) is 2.22. The molecule has 112 valence electrons. The van der Waals surface area contributed by atoms with Gasteiger partial charge in [-0.05, 0) is 43.0 Å². The van der Waals surface area contributed by atoms with Crippen LogP contribution in [0.1, 0.15) is 32.3 Å². The summed E-state index contributed by atoms with van der Waals surface area (Å²) in [6, 6.07) is 7.24. The summed E-state index contributed by atoms with van der Waals surface area (Å²) in [5, 5.41) is 3.31. The fraction of sp³-hybridized carbons (Fsp3) is 0.600. The maximum Gasteiger partial charge on any atom is 0.243 e. The first-order valence-corrected chi connectivity index (χ1v) is 8.78. The third-order valence-corrected chi connectivity index (χ3v) is 5.58. The molecule has 1 atom stereocenters. The highest BCUT2D eigenvalue weighted by atomic mass is 32.2. The quantitative estimate of drug-likeness (QED) is 0.819. The summed E-state index contributed by atoms with van der Waals surface area (Å²) in [7, 11) is -3.30. The Labute approximate surface area is 122 Å². The Morgan fingerprint density at radius 2 is 2.00 bits per heavy atom. The number of hydrogen-bond donors (Lipinski definition) is 1. The van der Waals surface area contributed by atoms with Gasteiger partial charge >= 0.3 is 0 Å². The molecule has 5 heteroatoms. The Morgan fingerprint density at radius 1 is 1.30 bits per heavy atom. The van der Waals surface area contributed by atoms with Crippen LogP contribution in [0.25, 0.3) is 0 Å². The Bertz CT molecular complexity index is 525. The van der Waals surface area contributed by atoms with Gasteiger partial charge in [-0.1, -0.05) is 26.0 Å². The highest BCUT2D eigenvalue weighted by molar-refractivity contribution is 7.89. The maximum atomic E-state index is 12.5. The molecule has 0 spiro atoms. The molecule has 0 aromatic heterocycles. The first-order valence-electron chi connectivity index (χ1n) is 7.34. The Balaban J connectivity index is 2.05. The zero-order valence-electron chi connectivity index (χ0n) is 12.3. The monoisotopic (exact) mass is 296 g/mol. The summed E-state index contributed by atoms with van der Waals surface area (Å²) >= 11 is 0. The molecule has 0 amide bonds. The zero-order valence-corrected chi connectivity index (χ0v) is 13.1. The van der Waals surface area contributed by atoms with Crippen LogP contribution in [0, 0.1) is 5.92 Å². The molecule has 20 heavy (non-hydrogen) atoms. The van der Waals surface area contributed by atoms with Crippen molar-refractivity contribution in [3.63, 3.8) is 0 Å². The maximum absolute atomic E-state index is 12.5. The lowest BCUT2D eigenvalue weighted by Gasteiger charge is -2.16. The highest BCUT2D eigenvalue weighted by Gasteiger charge is 2.30. The average molecular weight is 296 g/mol. The summed E-state index contributed by atoms with van der Waals surface area (Å²) in [6.45, 7) is 7.27. The molecule has 1 heterocycles. The van der Waals surface area contributed by atoms with Crippen molar-refractivity contribution in [1.82, 2.24) is 9.62 Å². The molecule has 0 radical (unpaired) electrons. The Kier molecular flexibility index (Phi) is 5.18. The van der Waals surface area contributed by atoms with Crippen molar-refractivity contribution in [3.8, 4) is 0 Å². The SMILES string of the molecule is CCCNCc1ccc(S(=O)(=O)N2CCC(C)C2)cc1. The van der Waals surface area contributed by atoms with Gasteiger partial charge in [0, 0.05) is 19.6 Å². The molecule has 1 aliphatic rings. The summed E-state index contributed by atoms with van der Waals surface area (Å²) in [6.07, 6.45) is 2.05. The number of nitrogens with zero attached hydrogens (tertiary/aromatic N) is 1. The van der Waals surface area contributed by atoms with E-state index in [-0.39, 0.29) is 0 Å². The minimum atomic E-state index is -3.30. The van der Waals surface area contributed by atoms with Gasteiger partial charge in [0.15, 0.2) is 0 Å². The molecular formula is C15H24N2O2S. The smallest absolute Gasteiger partial charge is 0.243 e. The Morgan fingerprint density at radius 3 is 2.55 bits per heavy atom. The third-order valence-electron chi connectivity index (χ3n) is 3.70. The summed E-state index contributed by atoms with van der Waals surface area (Å²) in [4.78, 5) is 0.408. The molecule has 0 aliphatic carbocycles. The van der Waals surface area contributed by atoms with Crippen molar-refractivity contribution < 1.29 is 8.42 Å². The van der Waals surface area contributed by atoms with E-state index in [1.54, 1.807) is 16.4 Å². The van der Waals surface area contributed by atoms with Crippen LogP contribution in [0.3, 0.4) is 0 Å². The van der Waals surface area contributed by atoms with Gasteiger partial charge in [-0.25, -0.2) is 8.42 Å². The normalized spacial score (nSPS) is 20.4. The second-order valence-electron chi connectivity index (χ2n) is 5.58. The largest absolute Gasteiger partial charge is 0.313 e. The van der Waals surface area contributed by atoms with Crippen LogP contribution in [0.5, 0.6) is 0 Å². The minimum Gasteiger partial charge on any atom is -0.313 e. The molecule has 1 N–H and O–H groups in total. The summed E-state index contributed by atoms with van der Waals surface area (Å²) in [5.41, 5.74) is 1.12. The van der Waals surface area contributed by atoms with Crippen molar-refractivity contribution >= 4 is 10.0 Å². The van der Waals surface area contributed by atoms with Gasteiger partial charge in [-0.3, -0.25) is 0 Å².